The van der Waals surface area contributed by atoms with Gasteiger partial charge in [-0.25, -0.2) is 0 Å². The van der Waals surface area contributed by atoms with E-state index in [9.17, 15) is 0 Å². The zero-order valence-corrected chi connectivity index (χ0v) is 11.2. The quantitative estimate of drug-likeness (QED) is 0.789. The van der Waals surface area contributed by atoms with Crippen molar-refractivity contribution in [3.05, 3.63) is 59.8 Å². The molecule has 3 aromatic rings. The van der Waals surface area contributed by atoms with Crippen molar-refractivity contribution in [2.24, 2.45) is 7.05 Å². The SMILES string of the molecule is Cn1ncc2ccc(NCc3ccc(C#N)cc3)cc21. The van der Waals surface area contributed by atoms with Gasteiger partial charge in [0.05, 0.1) is 23.3 Å². The van der Waals surface area contributed by atoms with Crippen LogP contribution in [0.3, 0.4) is 0 Å². The van der Waals surface area contributed by atoms with Gasteiger partial charge in [0.25, 0.3) is 0 Å². The lowest BCUT2D eigenvalue weighted by molar-refractivity contribution is 0.797. The zero-order valence-electron chi connectivity index (χ0n) is 11.2. The van der Waals surface area contributed by atoms with Crippen molar-refractivity contribution in [1.82, 2.24) is 9.78 Å². The van der Waals surface area contributed by atoms with Crippen LogP contribution >= 0.6 is 0 Å². The molecule has 4 heteroatoms. The van der Waals surface area contributed by atoms with Crippen LogP contribution in [-0.4, -0.2) is 9.78 Å². The minimum Gasteiger partial charge on any atom is -0.381 e. The molecule has 20 heavy (non-hydrogen) atoms. The van der Waals surface area contributed by atoms with Crippen molar-refractivity contribution in [3.63, 3.8) is 0 Å². The van der Waals surface area contributed by atoms with Crippen LogP contribution < -0.4 is 5.32 Å². The highest BCUT2D eigenvalue weighted by Gasteiger charge is 2.01. The third-order valence-corrected chi connectivity index (χ3v) is 3.33. The van der Waals surface area contributed by atoms with E-state index in [1.807, 2.05) is 48.3 Å². The van der Waals surface area contributed by atoms with Gasteiger partial charge >= 0.3 is 0 Å². The summed E-state index contributed by atoms with van der Waals surface area (Å²) in [7, 11) is 1.94. The summed E-state index contributed by atoms with van der Waals surface area (Å²) in [5, 5.41) is 17.5. The third kappa shape index (κ3) is 2.34. The minimum absolute atomic E-state index is 0.685. The van der Waals surface area contributed by atoms with Gasteiger partial charge in [-0.15, -0.1) is 0 Å². The van der Waals surface area contributed by atoms with E-state index in [1.165, 1.54) is 0 Å². The Bertz CT molecular complexity index is 778. The first-order valence-corrected chi connectivity index (χ1v) is 6.41. The highest BCUT2D eigenvalue weighted by Crippen LogP contribution is 2.18. The first-order valence-electron chi connectivity index (χ1n) is 6.41. The fraction of sp³-hybridized carbons (Fsp3) is 0.125. The summed E-state index contributed by atoms with van der Waals surface area (Å²) in [5.41, 5.74) is 4.00. The Hall–Kier alpha value is -2.80. The molecule has 0 saturated heterocycles. The number of hydrogen-bond donors (Lipinski definition) is 1. The lowest BCUT2D eigenvalue weighted by Gasteiger charge is -2.07. The van der Waals surface area contributed by atoms with E-state index in [0.29, 0.717) is 5.56 Å². The molecular weight excluding hydrogens is 248 g/mol. The maximum atomic E-state index is 8.77. The number of nitriles is 1. The molecule has 0 aliphatic carbocycles. The molecule has 1 N–H and O–H groups in total. The number of nitrogens with zero attached hydrogens (tertiary/aromatic N) is 3. The number of nitrogens with one attached hydrogen (secondary N) is 1. The standard InChI is InChI=1S/C16H14N4/c1-20-16-8-15(7-6-14(16)11-19-20)18-10-13-4-2-12(9-17)3-5-13/h2-8,11,18H,10H2,1H3. The molecule has 0 radical (unpaired) electrons. The second kappa shape index (κ2) is 5.06. The lowest BCUT2D eigenvalue weighted by Crippen LogP contribution is -1.99. The first kappa shape index (κ1) is 12.2. The Kier molecular flexibility index (Phi) is 3.10. The zero-order chi connectivity index (χ0) is 13.9. The summed E-state index contributed by atoms with van der Waals surface area (Å²) in [5.74, 6) is 0. The number of hydrogen-bond acceptors (Lipinski definition) is 3. The Morgan fingerprint density at radius 1 is 1.20 bits per heavy atom. The topological polar surface area (TPSA) is 53.6 Å². The summed E-state index contributed by atoms with van der Waals surface area (Å²) in [6.07, 6.45) is 1.86. The van der Waals surface area contributed by atoms with Gasteiger partial charge in [-0.05, 0) is 35.9 Å². The van der Waals surface area contributed by atoms with Crippen molar-refractivity contribution >= 4 is 16.6 Å². The molecule has 1 aromatic heterocycles. The molecule has 0 bridgehead atoms. The Morgan fingerprint density at radius 3 is 2.75 bits per heavy atom. The molecule has 0 amide bonds. The van der Waals surface area contributed by atoms with Gasteiger partial charge in [-0.3, -0.25) is 4.68 Å². The minimum atomic E-state index is 0.685. The second-order valence-corrected chi connectivity index (χ2v) is 4.70. The average molecular weight is 262 g/mol. The van der Waals surface area contributed by atoms with Gasteiger partial charge in [0, 0.05) is 24.7 Å². The van der Waals surface area contributed by atoms with Crippen molar-refractivity contribution in [3.8, 4) is 6.07 Å². The highest BCUT2D eigenvalue weighted by atomic mass is 15.2. The van der Waals surface area contributed by atoms with E-state index < -0.39 is 0 Å². The van der Waals surface area contributed by atoms with Crippen LogP contribution in [0.15, 0.2) is 48.7 Å². The summed E-state index contributed by atoms with van der Waals surface area (Å²) < 4.78 is 1.86. The number of fused-ring (bicyclic) bond motifs is 1. The third-order valence-electron chi connectivity index (χ3n) is 3.33. The second-order valence-electron chi connectivity index (χ2n) is 4.70. The number of benzene rings is 2. The molecule has 0 aliphatic rings. The molecule has 0 unspecified atom stereocenters. The van der Waals surface area contributed by atoms with Crippen LogP contribution in [0.1, 0.15) is 11.1 Å². The van der Waals surface area contributed by atoms with Crippen LogP contribution in [0.25, 0.3) is 10.9 Å². The van der Waals surface area contributed by atoms with Crippen LogP contribution in [0.5, 0.6) is 0 Å². The molecular formula is C16H14N4. The number of anilines is 1. The van der Waals surface area contributed by atoms with Crippen LogP contribution in [-0.2, 0) is 13.6 Å². The monoisotopic (exact) mass is 262 g/mol. The molecule has 0 atom stereocenters. The lowest BCUT2D eigenvalue weighted by atomic mass is 10.1. The fourth-order valence-corrected chi connectivity index (χ4v) is 2.16. The van der Waals surface area contributed by atoms with Gasteiger partial charge < -0.3 is 5.32 Å². The van der Waals surface area contributed by atoms with E-state index in [-0.39, 0.29) is 0 Å². The van der Waals surface area contributed by atoms with E-state index >= 15 is 0 Å². The number of aryl methyl sites for hydroxylation is 1. The smallest absolute Gasteiger partial charge is 0.0991 e. The van der Waals surface area contributed by atoms with Gasteiger partial charge in [0.1, 0.15) is 0 Å². The van der Waals surface area contributed by atoms with Gasteiger partial charge in [-0.2, -0.15) is 10.4 Å². The summed E-state index contributed by atoms with van der Waals surface area (Å²) in [4.78, 5) is 0. The van der Waals surface area contributed by atoms with Gasteiger partial charge in [0.15, 0.2) is 0 Å². The fourth-order valence-electron chi connectivity index (χ4n) is 2.16. The maximum absolute atomic E-state index is 8.77. The molecule has 0 spiro atoms. The van der Waals surface area contributed by atoms with Crippen molar-refractivity contribution in [2.45, 2.75) is 6.54 Å². The average Bonchev–Trinajstić information content (AvgIpc) is 2.87. The molecule has 3 rings (SSSR count). The molecule has 4 nitrogen and oxygen atoms in total. The molecule has 2 aromatic carbocycles. The normalized spacial score (nSPS) is 10.4. The van der Waals surface area contributed by atoms with Gasteiger partial charge in [0.2, 0.25) is 0 Å². The molecule has 1 heterocycles. The van der Waals surface area contributed by atoms with E-state index in [0.717, 1.165) is 28.7 Å². The van der Waals surface area contributed by atoms with Crippen molar-refractivity contribution < 1.29 is 0 Å². The van der Waals surface area contributed by atoms with Crippen LogP contribution in [0.4, 0.5) is 5.69 Å². The molecule has 0 aliphatic heterocycles. The molecule has 98 valence electrons. The predicted octanol–water partition coefficient (Wildman–Crippen LogP) is 3.06. The Balaban J connectivity index is 1.75. The maximum Gasteiger partial charge on any atom is 0.0991 e. The summed E-state index contributed by atoms with van der Waals surface area (Å²) >= 11 is 0. The van der Waals surface area contributed by atoms with Crippen molar-refractivity contribution in [1.29, 1.82) is 5.26 Å². The van der Waals surface area contributed by atoms with E-state index in [4.69, 9.17) is 5.26 Å². The summed E-state index contributed by atoms with van der Waals surface area (Å²) in [6, 6.07) is 15.9. The van der Waals surface area contributed by atoms with E-state index in [1.54, 1.807) is 0 Å². The number of rotatable bonds is 3. The largest absolute Gasteiger partial charge is 0.381 e. The van der Waals surface area contributed by atoms with Gasteiger partial charge in [-0.1, -0.05) is 12.1 Å². The predicted molar refractivity (Wildman–Crippen MR) is 79.2 cm³/mol. The van der Waals surface area contributed by atoms with Crippen molar-refractivity contribution in [2.75, 3.05) is 5.32 Å². The van der Waals surface area contributed by atoms with Crippen LogP contribution in [0, 0.1) is 11.3 Å². The number of aromatic nitrogens is 2. The Labute approximate surface area is 117 Å². The highest BCUT2D eigenvalue weighted by molar-refractivity contribution is 5.82. The molecule has 0 fully saturated rings. The molecule has 0 saturated carbocycles. The summed E-state index contributed by atoms with van der Waals surface area (Å²) in [6.45, 7) is 0.731. The van der Waals surface area contributed by atoms with Crippen LogP contribution in [0.2, 0.25) is 0 Å². The first-order chi connectivity index (χ1) is 9.76. The van der Waals surface area contributed by atoms with E-state index in [2.05, 4.69) is 28.6 Å². The Morgan fingerprint density at radius 2 is 2.00 bits per heavy atom.